The molecule has 0 saturated heterocycles. The van der Waals surface area contributed by atoms with E-state index in [9.17, 15) is 13.2 Å². The Labute approximate surface area is 226 Å². The minimum atomic E-state index is -4.30. The summed E-state index contributed by atoms with van der Waals surface area (Å²) in [6.07, 6.45) is -0.453. The number of nitrogens with one attached hydrogen (secondary N) is 1. The molecule has 1 heterocycles. The smallest absolute Gasteiger partial charge is 0.265 e. The van der Waals surface area contributed by atoms with Gasteiger partial charge in [-0.3, -0.25) is 9.10 Å². The number of amides is 1. The minimum Gasteiger partial charge on any atom is -0.495 e. The second kappa shape index (κ2) is 11.7. The number of nitrogens with zero attached hydrogens (tertiary/aromatic N) is 1. The van der Waals surface area contributed by atoms with Gasteiger partial charge in [0.2, 0.25) is 5.91 Å². The predicted octanol–water partition coefficient (Wildman–Crippen LogP) is 3.52. The fourth-order valence-electron chi connectivity index (χ4n) is 3.84. The molecule has 38 heavy (non-hydrogen) atoms. The first-order chi connectivity index (χ1) is 18.3. The van der Waals surface area contributed by atoms with Crippen molar-refractivity contribution in [1.29, 1.82) is 0 Å². The molecule has 1 atom stereocenters. The molecular formula is C26H27ClN2O8S. The monoisotopic (exact) mass is 562 g/mol. The van der Waals surface area contributed by atoms with Crippen molar-refractivity contribution in [2.24, 2.45) is 0 Å². The molecule has 0 aromatic heterocycles. The molecule has 0 spiro atoms. The Morgan fingerprint density at radius 2 is 1.66 bits per heavy atom. The lowest BCUT2D eigenvalue weighted by atomic mass is 10.2. The summed E-state index contributed by atoms with van der Waals surface area (Å²) in [4.78, 5) is 12.9. The van der Waals surface area contributed by atoms with Crippen molar-refractivity contribution in [3.8, 4) is 28.7 Å². The van der Waals surface area contributed by atoms with E-state index in [2.05, 4.69) is 5.32 Å². The van der Waals surface area contributed by atoms with Crippen LogP contribution >= 0.6 is 11.6 Å². The quantitative estimate of drug-likeness (QED) is 0.399. The van der Waals surface area contributed by atoms with Crippen molar-refractivity contribution >= 4 is 33.2 Å². The first-order valence-corrected chi connectivity index (χ1v) is 13.3. The molecule has 202 valence electrons. The van der Waals surface area contributed by atoms with E-state index in [4.69, 9.17) is 35.3 Å². The maximum Gasteiger partial charge on any atom is 0.265 e. The molecule has 1 amide bonds. The third-order valence-corrected chi connectivity index (χ3v) is 7.73. The number of hydrogen-bond acceptors (Lipinski definition) is 8. The SMILES string of the molecule is COc1ccc(S(=O)(=O)N(CC(=O)NCC2COc3ccccc3O2)c2cc(Cl)ccc2OC)cc1OC. The zero-order chi connectivity index (χ0) is 27.3. The predicted molar refractivity (Wildman–Crippen MR) is 141 cm³/mol. The maximum absolute atomic E-state index is 13.9. The molecule has 1 unspecified atom stereocenters. The number of anilines is 1. The number of carbonyl (C=O) groups is 1. The summed E-state index contributed by atoms with van der Waals surface area (Å²) in [6, 6.07) is 15.9. The molecular weight excluding hydrogens is 536 g/mol. The number of benzene rings is 3. The molecule has 0 aliphatic carbocycles. The largest absolute Gasteiger partial charge is 0.495 e. The van der Waals surface area contributed by atoms with Gasteiger partial charge in [-0.25, -0.2) is 8.42 Å². The molecule has 0 radical (unpaired) electrons. The van der Waals surface area contributed by atoms with E-state index in [0.717, 1.165) is 4.31 Å². The zero-order valence-electron chi connectivity index (χ0n) is 21.0. The number of ether oxygens (including phenoxy) is 5. The summed E-state index contributed by atoms with van der Waals surface area (Å²) in [5.74, 6) is 1.40. The molecule has 10 nitrogen and oxygen atoms in total. The Morgan fingerprint density at radius 3 is 2.37 bits per heavy atom. The van der Waals surface area contributed by atoms with Crippen molar-refractivity contribution in [3.63, 3.8) is 0 Å². The highest BCUT2D eigenvalue weighted by Crippen LogP contribution is 2.37. The van der Waals surface area contributed by atoms with Crippen LogP contribution in [0, 0.1) is 0 Å². The van der Waals surface area contributed by atoms with Crippen LogP contribution in [-0.4, -0.2) is 61.5 Å². The zero-order valence-corrected chi connectivity index (χ0v) is 22.5. The van der Waals surface area contributed by atoms with Gasteiger partial charge in [-0.05, 0) is 42.5 Å². The van der Waals surface area contributed by atoms with Crippen molar-refractivity contribution in [2.75, 3.05) is 45.3 Å². The topological polar surface area (TPSA) is 113 Å². The van der Waals surface area contributed by atoms with Crippen molar-refractivity contribution in [2.45, 2.75) is 11.0 Å². The summed E-state index contributed by atoms with van der Waals surface area (Å²) in [6.45, 7) is -0.227. The molecule has 1 aliphatic heterocycles. The van der Waals surface area contributed by atoms with Crippen LogP contribution < -0.4 is 33.3 Å². The maximum atomic E-state index is 13.9. The number of sulfonamides is 1. The molecule has 4 rings (SSSR count). The lowest BCUT2D eigenvalue weighted by Crippen LogP contribution is -2.45. The first-order valence-electron chi connectivity index (χ1n) is 11.5. The fraction of sp³-hybridized carbons (Fsp3) is 0.269. The van der Waals surface area contributed by atoms with Crippen molar-refractivity contribution in [3.05, 3.63) is 65.7 Å². The van der Waals surface area contributed by atoms with E-state index in [-0.39, 0.29) is 40.3 Å². The van der Waals surface area contributed by atoms with Gasteiger partial charge in [-0.2, -0.15) is 0 Å². The van der Waals surface area contributed by atoms with E-state index < -0.39 is 28.6 Å². The Kier molecular flexibility index (Phi) is 8.38. The average molecular weight is 563 g/mol. The number of halogens is 1. The van der Waals surface area contributed by atoms with Crippen LogP contribution in [-0.2, 0) is 14.8 Å². The van der Waals surface area contributed by atoms with Gasteiger partial charge < -0.3 is 29.0 Å². The number of methoxy groups -OCH3 is 3. The Bertz CT molecular complexity index is 1420. The lowest BCUT2D eigenvalue weighted by molar-refractivity contribution is -0.120. The Morgan fingerprint density at radius 1 is 0.974 bits per heavy atom. The second-order valence-corrected chi connectivity index (χ2v) is 10.4. The highest BCUT2D eigenvalue weighted by atomic mass is 35.5. The normalized spacial score (nSPS) is 14.4. The van der Waals surface area contributed by atoms with Crippen LogP contribution in [0.25, 0.3) is 0 Å². The van der Waals surface area contributed by atoms with Crippen molar-refractivity contribution in [1.82, 2.24) is 5.32 Å². The summed E-state index contributed by atoms with van der Waals surface area (Å²) in [5, 5.41) is 3.00. The van der Waals surface area contributed by atoms with Gasteiger partial charge in [0.25, 0.3) is 10.0 Å². The molecule has 0 saturated carbocycles. The van der Waals surface area contributed by atoms with Crippen LogP contribution in [0.3, 0.4) is 0 Å². The third kappa shape index (κ3) is 5.84. The van der Waals surface area contributed by atoms with Crippen molar-refractivity contribution < 1.29 is 36.9 Å². The molecule has 12 heteroatoms. The highest BCUT2D eigenvalue weighted by molar-refractivity contribution is 7.92. The van der Waals surface area contributed by atoms with Crippen LogP contribution in [0.15, 0.2) is 65.6 Å². The number of carbonyl (C=O) groups excluding carboxylic acids is 1. The van der Waals surface area contributed by atoms with Gasteiger partial charge in [0.05, 0.1) is 38.5 Å². The molecule has 3 aromatic carbocycles. The minimum absolute atomic E-state index is 0.0936. The van der Waals surface area contributed by atoms with E-state index in [1.165, 1.54) is 51.7 Å². The van der Waals surface area contributed by atoms with Gasteiger partial charge in [-0.15, -0.1) is 0 Å². The Hall–Kier alpha value is -3.83. The molecule has 0 fully saturated rings. The number of para-hydroxylation sites is 2. The van der Waals surface area contributed by atoms with E-state index >= 15 is 0 Å². The fourth-order valence-corrected chi connectivity index (χ4v) is 5.45. The first kappa shape index (κ1) is 27.2. The van der Waals surface area contributed by atoms with Crippen LogP contribution in [0.2, 0.25) is 5.02 Å². The average Bonchev–Trinajstić information content (AvgIpc) is 2.94. The summed E-state index contributed by atoms with van der Waals surface area (Å²) in [5.41, 5.74) is 0.0936. The summed E-state index contributed by atoms with van der Waals surface area (Å²) in [7, 11) is -0.0605. The molecule has 1 aliphatic rings. The third-order valence-electron chi connectivity index (χ3n) is 5.73. The van der Waals surface area contributed by atoms with E-state index in [1.807, 2.05) is 12.1 Å². The lowest BCUT2D eigenvalue weighted by Gasteiger charge is -2.28. The van der Waals surface area contributed by atoms with Crippen LogP contribution in [0.5, 0.6) is 28.7 Å². The van der Waals surface area contributed by atoms with E-state index in [0.29, 0.717) is 17.2 Å². The molecule has 1 N–H and O–H groups in total. The summed E-state index contributed by atoms with van der Waals surface area (Å²) >= 11 is 6.20. The van der Waals surface area contributed by atoms with Crippen LogP contribution in [0.4, 0.5) is 5.69 Å². The van der Waals surface area contributed by atoms with Gasteiger partial charge in [-0.1, -0.05) is 23.7 Å². The number of hydrogen-bond donors (Lipinski definition) is 1. The van der Waals surface area contributed by atoms with Gasteiger partial charge in [0.1, 0.15) is 25.0 Å². The van der Waals surface area contributed by atoms with Gasteiger partial charge >= 0.3 is 0 Å². The van der Waals surface area contributed by atoms with Gasteiger partial charge in [0.15, 0.2) is 23.0 Å². The second-order valence-electron chi connectivity index (χ2n) is 8.15. The molecule has 0 bridgehead atoms. The Balaban J connectivity index is 1.60. The highest BCUT2D eigenvalue weighted by Gasteiger charge is 2.31. The standard InChI is InChI=1S/C26H27ClN2O8S/c1-33-21-10-8-17(27)12-20(21)29(38(31,32)19-9-11-22(34-2)25(13-19)35-3)15-26(30)28-14-18-16-36-23-6-4-5-7-24(23)37-18/h4-13,18H,14-16H2,1-3H3,(H,28,30). The number of rotatable bonds is 10. The molecule has 3 aromatic rings. The number of fused-ring (bicyclic) bond motifs is 1. The van der Waals surface area contributed by atoms with E-state index in [1.54, 1.807) is 18.2 Å². The van der Waals surface area contributed by atoms with Crippen LogP contribution in [0.1, 0.15) is 0 Å². The van der Waals surface area contributed by atoms with Gasteiger partial charge in [0, 0.05) is 11.1 Å². The summed E-state index contributed by atoms with van der Waals surface area (Å²) < 4.78 is 56.1.